The molecule has 1 aromatic carbocycles. The summed E-state index contributed by atoms with van der Waals surface area (Å²) in [7, 11) is 3.16. The number of rotatable bonds is 4. The Morgan fingerprint density at radius 1 is 1.39 bits per heavy atom. The summed E-state index contributed by atoms with van der Waals surface area (Å²) in [6.07, 6.45) is 2.07. The van der Waals surface area contributed by atoms with Crippen LogP contribution in [0.3, 0.4) is 0 Å². The zero-order valence-corrected chi connectivity index (χ0v) is 11.0. The van der Waals surface area contributed by atoms with Gasteiger partial charge in [0.2, 0.25) is 0 Å². The molecule has 100 valence electrons. The molecule has 2 rings (SSSR count). The quantitative estimate of drug-likeness (QED) is 0.894. The lowest BCUT2D eigenvalue weighted by Gasteiger charge is -2.25. The van der Waals surface area contributed by atoms with Crippen LogP contribution < -0.4 is 10.1 Å². The molecule has 0 saturated carbocycles. The van der Waals surface area contributed by atoms with Crippen molar-refractivity contribution in [3.63, 3.8) is 0 Å². The summed E-state index contributed by atoms with van der Waals surface area (Å²) in [5, 5.41) is 3.31. The number of hydrogen-bond donors (Lipinski definition) is 1. The summed E-state index contributed by atoms with van der Waals surface area (Å²) in [5.74, 6) is 0.649. The lowest BCUT2D eigenvalue weighted by Crippen LogP contribution is -2.29. The van der Waals surface area contributed by atoms with E-state index in [4.69, 9.17) is 9.47 Å². The molecule has 4 heteroatoms. The predicted molar refractivity (Wildman–Crippen MR) is 68.5 cm³/mol. The van der Waals surface area contributed by atoms with Crippen molar-refractivity contribution >= 4 is 0 Å². The molecule has 1 unspecified atom stereocenters. The van der Waals surface area contributed by atoms with E-state index < -0.39 is 0 Å². The molecule has 0 aliphatic carbocycles. The molecule has 1 heterocycles. The lowest BCUT2D eigenvalue weighted by atomic mass is 9.89. The molecule has 18 heavy (non-hydrogen) atoms. The fourth-order valence-electron chi connectivity index (χ4n) is 2.54. The van der Waals surface area contributed by atoms with Gasteiger partial charge in [-0.25, -0.2) is 4.39 Å². The minimum absolute atomic E-state index is 0.176. The molecule has 0 radical (unpaired) electrons. The number of nitrogens with one attached hydrogen (secondary N) is 1. The first-order chi connectivity index (χ1) is 8.77. The summed E-state index contributed by atoms with van der Waals surface area (Å²) in [6, 6.07) is 3.57. The number of methoxy groups -OCH3 is 2. The highest BCUT2D eigenvalue weighted by Crippen LogP contribution is 2.34. The van der Waals surface area contributed by atoms with Crippen molar-refractivity contribution in [3.05, 3.63) is 29.1 Å². The molecule has 3 nitrogen and oxygen atoms in total. The van der Waals surface area contributed by atoms with Gasteiger partial charge in [-0.2, -0.15) is 0 Å². The Morgan fingerprint density at radius 2 is 2.22 bits per heavy atom. The van der Waals surface area contributed by atoms with Gasteiger partial charge in [-0.1, -0.05) is 6.07 Å². The molecular weight excluding hydrogens is 233 g/mol. The molecule has 1 aliphatic heterocycles. The first-order valence-electron chi connectivity index (χ1n) is 6.32. The maximum Gasteiger partial charge on any atom is 0.135 e. The molecule has 1 aliphatic rings. The number of ether oxygens (including phenoxy) is 2. The molecule has 0 aromatic heterocycles. The van der Waals surface area contributed by atoms with Gasteiger partial charge in [0.15, 0.2) is 0 Å². The van der Waals surface area contributed by atoms with E-state index >= 15 is 0 Å². The van der Waals surface area contributed by atoms with Gasteiger partial charge in [0.25, 0.3) is 0 Å². The monoisotopic (exact) mass is 253 g/mol. The fraction of sp³-hybridized carbons (Fsp3) is 0.571. The standard InChI is InChI=1S/C14H20FNO2/c1-17-9-11-5-6-12(18-2)13(14(11)15)10-4-3-7-16-8-10/h5-6,10,16H,3-4,7-9H2,1-2H3. The normalized spacial score (nSPS) is 19.8. The van der Waals surface area contributed by atoms with Crippen LogP contribution in [-0.4, -0.2) is 27.3 Å². The van der Waals surface area contributed by atoms with E-state index in [1.54, 1.807) is 20.3 Å². The van der Waals surface area contributed by atoms with Crippen molar-refractivity contribution in [1.29, 1.82) is 0 Å². The smallest absolute Gasteiger partial charge is 0.135 e. The Kier molecular flexibility index (Phi) is 4.55. The molecule has 1 saturated heterocycles. The highest BCUT2D eigenvalue weighted by molar-refractivity contribution is 5.41. The van der Waals surface area contributed by atoms with E-state index in [0.29, 0.717) is 23.5 Å². The average molecular weight is 253 g/mol. The number of hydrogen-bond acceptors (Lipinski definition) is 3. The van der Waals surface area contributed by atoms with Gasteiger partial charge in [0.1, 0.15) is 11.6 Å². The van der Waals surface area contributed by atoms with Crippen molar-refractivity contribution in [2.75, 3.05) is 27.3 Å². The van der Waals surface area contributed by atoms with Crippen LogP contribution in [0.15, 0.2) is 12.1 Å². The Hall–Kier alpha value is -1.13. The topological polar surface area (TPSA) is 30.5 Å². The van der Waals surface area contributed by atoms with E-state index in [1.807, 2.05) is 6.07 Å². The molecule has 1 fully saturated rings. The van der Waals surface area contributed by atoms with Crippen LogP contribution in [0.5, 0.6) is 5.75 Å². The van der Waals surface area contributed by atoms with Gasteiger partial charge in [0.05, 0.1) is 13.7 Å². The van der Waals surface area contributed by atoms with Crippen LogP contribution >= 0.6 is 0 Å². The summed E-state index contributed by atoms with van der Waals surface area (Å²) in [6.45, 7) is 2.12. The van der Waals surface area contributed by atoms with Crippen molar-refractivity contribution in [1.82, 2.24) is 5.32 Å². The molecule has 0 spiro atoms. The van der Waals surface area contributed by atoms with Crippen LogP contribution in [0.4, 0.5) is 4.39 Å². The number of benzene rings is 1. The minimum Gasteiger partial charge on any atom is -0.496 e. The summed E-state index contributed by atoms with van der Waals surface area (Å²) in [5.41, 5.74) is 1.29. The largest absolute Gasteiger partial charge is 0.496 e. The van der Waals surface area contributed by atoms with E-state index in [0.717, 1.165) is 25.9 Å². The maximum absolute atomic E-state index is 14.5. The van der Waals surface area contributed by atoms with Crippen molar-refractivity contribution < 1.29 is 13.9 Å². The number of halogens is 1. The molecule has 0 bridgehead atoms. The van der Waals surface area contributed by atoms with Gasteiger partial charge >= 0.3 is 0 Å². The van der Waals surface area contributed by atoms with E-state index in [2.05, 4.69) is 5.32 Å². The Balaban J connectivity index is 2.37. The van der Waals surface area contributed by atoms with Gasteiger partial charge in [0, 0.05) is 30.7 Å². The van der Waals surface area contributed by atoms with Crippen molar-refractivity contribution in [2.24, 2.45) is 0 Å². The maximum atomic E-state index is 14.5. The number of piperidine rings is 1. The predicted octanol–water partition coefficient (Wildman–Crippen LogP) is 2.45. The van der Waals surface area contributed by atoms with Gasteiger partial charge < -0.3 is 14.8 Å². The second-order valence-electron chi connectivity index (χ2n) is 4.63. The zero-order chi connectivity index (χ0) is 13.0. The van der Waals surface area contributed by atoms with Crippen molar-refractivity contribution in [3.8, 4) is 5.75 Å². The Bertz CT molecular complexity index is 403. The summed E-state index contributed by atoms with van der Waals surface area (Å²) >= 11 is 0. The van der Waals surface area contributed by atoms with Crippen LogP contribution in [0.2, 0.25) is 0 Å². The van der Waals surface area contributed by atoms with Gasteiger partial charge in [-0.05, 0) is 25.5 Å². The molecule has 1 atom stereocenters. The summed E-state index contributed by atoms with van der Waals surface area (Å²) in [4.78, 5) is 0. The molecule has 0 amide bonds. The van der Waals surface area contributed by atoms with Gasteiger partial charge in [-0.3, -0.25) is 0 Å². The second kappa shape index (κ2) is 6.16. The third-order valence-corrected chi connectivity index (χ3v) is 3.44. The van der Waals surface area contributed by atoms with Crippen LogP contribution in [0, 0.1) is 5.82 Å². The van der Waals surface area contributed by atoms with Crippen LogP contribution in [-0.2, 0) is 11.3 Å². The van der Waals surface area contributed by atoms with E-state index in [1.165, 1.54) is 0 Å². The minimum atomic E-state index is -0.176. The lowest BCUT2D eigenvalue weighted by molar-refractivity contribution is 0.181. The zero-order valence-electron chi connectivity index (χ0n) is 11.0. The molecule has 1 N–H and O–H groups in total. The van der Waals surface area contributed by atoms with E-state index in [9.17, 15) is 4.39 Å². The Labute approximate surface area is 107 Å². The molecular formula is C14H20FNO2. The Morgan fingerprint density at radius 3 is 2.83 bits per heavy atom. The molecule has 1 aromatic rings. The highest BCUT2D eigenvalue weighted by Gasteiger charge is 2.24. The average Bonchev–Trinajstić information content (AvgIpc) is 2.42. The third-order valence-electron chi connectivity index (χ3n) is 3.44. The van der Waals surface area contributed by atoms with Crippen molar-refractivity contribution in [2.45, 2.75) is 25.4 Å². The van der Waals surface area contributed by atoms with Gasteiger partial charge in [-0.15, -0.1) is 0 Å². The van der Waals surface area contributed by atoms with Crippen LogP contribution in [0.1, 0.15) is 29.9 Å². The third kappa shape index (κ3) is 2.65. The summed E-state index contributed by atoms with van der Waals surface area (Å²) < 4.78 is 24.8. The highest BCUT2D eigenvalue weighted by atomic mass is 19.1. The van der Waals surface area contributed by atoms with E-state index in [-0.39, 0.29) is 11.7 Å². The second-order valence-corrected chi connectivity index (χ2v) is 4.63. The van der Waals surface area contributed by atoms with Crippen LogP contribution in [0.25, 0.3) is 0 Å². The first kappa shape index (κ1) is 13.3. The SMILES string of the molecule is COCc1ccc(OC)c(C2CCCNC2)c1F. The first-order valence-corrected chi connectivity index (χ1v) is 6.32. The fourth-order valence-corrected chi connectivity index (χ4v) is 2.54.